The maximum atomic E-state index is 12.7. The van der Waals surface area contributed by atoms with Crippen LogP contribution in [0.1, 0.15) is 63.5 Å². The minimum atomic E-state index is -1.02. The lowest BCUT2D eigenvalue weighted by Crippen LogP contribution is -2.34. The van der Waals surface area contributed by atoms with Gasteiger partial charge in [0.25, 0.3) is 0 Å². The standard InChI is InChI=1S/C22H34O6/c1-6-9-10-13-17(19(21(23)26-7-2)22(24)27-8-3)18-14-11-12-16(4)20(18)28-15-25-5/h11-12,14,17,19H,6-10,13,15H2,1-5H3. The van der Waals surface area contributed by atoms with Gasteiger partial charge in [0.15, 0.2) is 12.7 Å². The Balaban J connectivity index is 3.40. The van der Waals surface area contributed by atoms with Gasteiger partial charge in [-0.2, -0.15) is 0 Å². The van der Waals surface area contributed by atoms with E-state index in [1.807, 2.05) is 25.1 Å². The molecule has 28 heavy (non-hydrogen) atoms. The summed E-state index contributed by atoms with van der Waals surface area (Å²) in [6.45, 7) is 8.00. The third-order valence-electron chi connectivity index (χ3n) is 4.57. The zero-order valence-corrected chi connectivity index (χ0v) is 17.8. The second kappa shape index (κ2) is 13.2. The fourth-order valence-electron chi connectivity index (χ4n) is 3.29. The fourth-order valence-corrected chi connectivity index (χ4v) is 3.29. The van der Waals surface area contributed by atoms with Crippen LogP contribution in [0.15, 0.2) is 18.2 Å². The van der Waals surface area contributed by atoms with E-state index in [0.29, 0.717) is 12.2 Å². The van der Waals surface area contributed by atoms with Crippen LogP contribution in [-0.2, 0) is 23.8 Å². The van der Waals surface area contributed by atoms with Crippen LogP contribution in [0, 0.1) is 12.8 Å². The predicted molar refractivity (Wildman–Crippen MR) is 107 cm³/mol. The van der Waals surface area contributed by atoms with Gasteiger partial charge in [-0.1, -0.05) is 44.4 Å². The van der Waals surface area contributed by atoms with Crippen molar-refractivity contribution < 1.29 is 28.5 Å². The predicted octanol–water partition coefficient (Wildman–Crippen LogP) is 4.38. The fraction of sp³-hybridized carbons (Fsp3) is 0.636. The Morgan fingerprint density at radius 2 is 1.64 bits per heavy atom. The van der Waals surface area contributed by atoms with Gasteiger partial charge in [0.2, 0.25) is 0 Å². The van der Waals surface area contributed by atoms with E-state index < -0.39 is 23.8 Å². The van der Waals surface area contributed by atoms with Crippen molar-refractivity contribution in [1.29, 1.82) is 0 Å². The van der Waals surface area contributed by atoms with Crippen LogP contribution in [-0.4, -0.2) is 39.1 Å². The average Bonchev–Trinajstić information content (AvgIpc) is 2.66. The Morgan fingerprint density at radius 3 is 2.18 bits per heavy atom. The number of carbonyl (C=O) groups is 2. The second-order valence-electron chi connectivity index (χ2n) is 6.63. The second-order valence-corrected chi connectivity index (χ2v) is 6.63. The lowest BCUT2D eigenvalue weighted by molar-refractivity contribution is -0.163. The first-order chi connectivity index (χ1) is 13.5. The molecule has 0 saturated carbocycles. The van der Waals surface area contributed by atoms with Crippen LogP contribution >= 0.6 is 0 Å². The monoisotopic (exact) mass is 394 g/mol. The summed E-state index contributed by atoms with van der Waals surface area (Å²) in [6, 6.07) is 5.74. The van der Waals surface area contributed by atoms with Gasteiger partial charge in [0.1, 0.15) is 5.75 Å². The quantitative estimate of drug-likeness (QED) is 0.214. The summed E-state index contributed by atoms with van der Waals surface area (Å²) >= 11 is 0. The maximum absolute atomic E-state index is 12.7. The van der Waals surface area contributed by atoms with Crippen molar-refractivity contribution in [2.24, 2.45) is 5.92 Å². The first kappa shape index (κ1) is 24.0. The highest BCUT2D eigenvalue weighted by Crippen LogP contribution is 2.39. The topological polar surface area (TPSA) is 71.1 Å². The summed E-state index contributed by atoms with van der Waals surface area (Å²) in [5, 5.41) is 0. The minimum Gasteiger partial charge on any atom is -0.467 e. The molecule has 1 unspecified atom stereocenters. The summed E-state index contributed by atoms with van der Waals surface area (Å²) in [7, 11) is 1.55. The molecular formula is C22H34O6. The number of unbranched alkanes of at least 4 members (excludes halogenated alkanes) is 2. The van der Waals surface area contributed by atoms with Crippen molar-refractivity contribution >= 4 is 11.9 Å². The molecule has 0 heterocycles. The first-order valence-corrected chi connectivity index (χ1v) is 10.1. The van der Waals surface area contributed by atoms with Crippen molar-refractivity contribution in [3.05, 3.63) is 29.3 Å². The number of para-hydroxylation sites is 1. The van der Waals surface area contributed by atoms with Crippen molar-refractivity contribution in [3.63, 3.8) is 0 Å². The third-order valence-corrected chi connectivity index (χ3v) is 4.57. The van der Waals surface area contributed by atoms with Crippen molar-refractivity contribution in [1.82, 2.24) is 0 Å². The van der Waals surface area contributed by atoms with Crippen LogP contribution < -0.4 is 4.74 Å². The smallest absolute Gasteiger partial charge is 0.320 e. The molecule has 0 aromatic heterocycles. The molecule has 6 heteroatoms. The number of ether oxygens (including phenoxy) is 4. The van der Waals surface area contributed by atoms with Crippen molar-refractivity contribution in [3.8, 4) is 5.75 Å². The number of carbonyl (C=O) groups excluding carboxylic acids is 2. The van der Waals surface area contributed by atoms with E-state index in [0.717, 1.165) is 30.4 Å². The highest BCUT2D eigenvalue weighted by atomic mass is 16.7. The molecule has 0 spiro atoms. The van der Waals surface area contributed by atoms with Gasteiger partial charge in [-0.25, -0.2) is 0 Å². The molecule has 0 radical (unpaired) electrons. The van der Waals surface area contributed by atoms with Crippen molar-refractivity contribution in [2.45, 2.75) is 59.3 Å². The highest BCUT2D eigenvalue weighted by Gasteiger charge is 2.39. The Morgan fingerprint density at radius 1 is 1.00 bits per heavy atom. The summed E-state index contributed by atoms with van der Waals surface area (Å²) in [5.74, 6) is -1.88. The van der Waals surface area contributed by atoms with Gasteiger partial charge in [-0.3, -0.25) is 9.59 Å². The van der Waals surface area contributed by atoms with E-state index in [4.69, 9.17) is 18.9 Å². The Bertz CT molecular complexity index is 595. The van der Waals surface area contributed by atoms with E-state index in [-0.39, 0.29) is 20.0 Å². The number of hydrogen-bond donors (Lipinski definition) is 0. The molecule has 0 N–H and O–H groups in total. The molecule has 0 amide bonds. The molecule has 0 bridgehead atoms. The third kappa shape index (κ3) is 6.82. The van der Waals surface area contributed by atoms with E-state index in [1.54, 1.807) is 21.0 Å². The zero-order chi connectivity index (χ0) is 20.9. The van der Waals surface area contributed by atoms with Gasteiger partial charge in [-0.05, 0) is 38.3 Å². The molecule has 1 aromatic rings. The number of benzene rings is 1. The molecule has 0 aliphatic rings. The largest absolute Gasteiger partial charge is 0.467 e. The molecule has 158 valence electrons. The van der Waals surface area contributed by atoms with Gasteiger partial charge in [0.05, 0.1) is 13.2 Å². The number of esters is 2. The van der Waals surface area contributed by atoms with Crippen LogP contribution in [0.25, 0.3) is 0 Å². The Kier molecular flexibility index (Phi) is 11.3. The summed E-state index contributed by atoms with van der Waals surface area (Å²) < 4.78 is 21.3. The van der Waals surface area contributed by atoms with E-state index >= 15 is 0 Å². The van der Waals surface area contributed by atoms with Crippen LogP contribution in [0.4, 0.5) is 0 Å². The molecule has 1 aromatic carbocycles. The highest BCUT2D eigenvalue weighted by molar-refractivity contribution is 5.96. The molecule has 0 aliphatic heterocycles. The Hall–Kier alpha value is -2.08. The number of rotatable bonds is 13. The van der Waals surface area contributed by atoms with Crippen molar-refractivity contribution in [2.75, 3.05) is 27.1 Å². The lowest BCUT2D eigenvalue weighted by atomic mass is 9.81. The minimum absolute atomic E-state index is 0.0863. The first-order valence-electron chi connectivity index (χ1n) is 10.1. The van der Waals surface area contributed by atoms with E-state index in [9.17, 15) is 9.59 Å². The van der Waals surface area contributed by atoms with E-state index in [1.165, 1.54) is 0 Å². The summed E-state index contributed by atoms with van der Waals surface area (Å²) in [4.78, 5) is 25.5. The number of hydrogen-bond acceptors (Lipinski definition) is 6. The maximum Gasteiger partial charge on any atom is 0.320 e. The SMILES string of the molecule is CCCCCC(c1cccc(C)c1OCOC)C(C(=O)OCC)C(=O)OCC. The van der Waals surface area contributed by atoms with Gasteiger partial charge in [0, 0.05) is 13.0 Å². The average molecular weight is 395 g/mol. The zero-order valence-electron chi connectivity index (χ0n) is 17.8. The van der Waals surface area contributed by atoms with E-state index in [2.05, 4.69) is 6.92 Å². The summed E-state index contributed by atoms with van der Waals surface area (Å²) in [5.41, 5.74) is 1.72. The van der Waals surface area contributed by atoms with Gasteiger partial charge in [-0.15, -0.1) is 0 Å². The number of aryl methyl sites for hydroxylation is 1. The van der Waals surface area contributed by atoms with Crippen LogP contribution in [0.5, 0.6) is 5.75 Å². The van der Waals surface area contributed by atoms with Gasteiger partial charge >= 0.3 is 11.9 Å². The molecule has 0 fully saturated rings. The van der Waals surface area contributed by atoms with Gasteiger partial charge < -0.3 is 18.9 Å². The Labute approximate surface area is 168 Å². The lowest BCUT2D eigenvalue weighted by Gasteiger charge is -2.27. The molecule has 6 nitrogen and oxygen atoms in total. The number of methoxy groups -OCH3 is 1. The molecule has 0 aliphatic carbocycles. The molecule has 1 atom stereocenters. The van der Waals surface area contributed by atoms with Crippen LogP contribution in [0.3, 0.4) is 0 Å². The summed E-state index contributed by atoms with van der Waals surface area (Å²) in [6.07, 6.45) is 3.59. The molecular weight excluding hydrogens is 360 g/mol. The molecule has 1 rings (SSSR count). The normalized spacial score (nSPS) is 11.9. The molecule has 0 saturated heterocycles. The van der Waals surface area contributed by atoms with Crippen LogP contribution in [0.2, 0.25) is 0 Å².